The number of nitrogens with one attached hydrogen (secondary N) is 1. The van der Waals surface area contributed by atoms with Crippen molar-refractivity contribution in [2.24, 2.45) is 0 Å². The van der Waals surface area contributed by atoms with Crippen molar-refractivity contribution in [2.75, 3.05) is 0 Å². The molecule has 0 saturated carbocycles. The van der Waals surface area contributed by atoms with Crippen molar-refractivity contribution in [1.82, 2.24) is 30.0 Å². The number of benzene rings is 2. The molecule has 0 aliphatic rings. The SMILES string of the molecule is CC(NC(=O)c1csc(CSc2nnc(-c3ccncc3)n2-c2cccc(C(F)(F)F)c2)n1)c1ccccc1. The summed E-state index contributed by atoms with van der Waals surface area (Å²) < 4.78 is 41.9. The van der Waals surface area contributed by atoms with Crippen LogP contribution in [0.4, 0.5) is 13.2 Å². The molecule has 0 bridgehead atoms. The summed E-state index contributed by atoms with van der Waals surface area (Å²) in [7, 11) is 0. The predicted octanol–water partition coefficient (Wildman–Crippen LogP) is 6.59. The Morgan fingerprint density at radius 1 is 1.05 bits per heavy atom. The molecule has 0 fully saturated rings. The molecule has 7 nitrogen and oxygen atoms in total. The van der Waals surface area contributed by atoms with Crippen LogP contribution in [-0.2, 0) is 11.9 Å². The lowest BCUT2D eigenvalue weighted by atomic mass is 10.1. The smallest absolute Gasteiger partial charge is 0.344 e. The highest BCUT2D eigenvalue weighted by molar-refractivity contribution is 7.98. The highest BCUT2D eigenvalue weighted by Crippen LogP contribution is 2.34. The number of rotatable bonds is 8. The van der Waals surface area contributed by atoms with E-state index >= 15 is 0 Å². The molecule has 0 saturated heterocycles. The number of hydrogen-bond donors (Lipinski definition) is 1. The van der Waals surface area contributed by atoms with Gasteiger partial charge in [-0.05, 0) is 42.8 Å². The van der Waals surface area contributed by atoms with E-state index in [-0.39, 0.29) is 17.6 Å². The van der Waals surface area contributed by atoms with Crippen LogP contribution in [0, 0.1) is 0 Å². The normalized spacial score (nSPS) is 12.3. The molecule has 39 heavy (non-hydrogen) atoms. The zero-order valence-electron chi connectivity index (χ0n) is 20.5. The first kappa shape index (κ1) is 26.6. The van der Waals surface area contributed by atoms with Crippen LogP contribution in [0.1, 0.15) is 39.6 Å². The number of thioether (sulfide) groups is 1. The zero-order valence-corrected chi connectivity index (χ0v) is 22.1. The van der Waals surface area contributed by atoms with Gasteiger partial charge in [0.25, 0.3) is 5.91 Å². The third kappa shape index (κ3) is 6.18. The van der Waals surface area contributed by atoms with Crippen molar-refractivity contribution < 1.29 is 18.0 Å². The highest BCUT2D eigenvalue weighted by atomic mass is 32.2. The summed E-state index contributed by atoms with van der Waals surface area (Å²) in [4.78, 5) is 21.2. The average molecular weight is 567 g/mol. The van der Waals surface area contributed by atoms with E-state index in [0.29, 0.717) is 33.0 Å². The number of hydrogen-bond acceptors (Lipinski definition) is 7. The summed E-state index contributed by atoms with van der Waals surface area (Å²) in [6, 6.07) is 17.9. The quantitative estimate of drug-likeness (QED) is 0.213. The summed E-state index contributed by atoms with van der Waals surface area (Å²) >= 11 is 2.59. The number of carbonyl (C=O) groups excluding carboxylic acids is 1. The van der Waals surface area contributed by atoms with Gasteiger partial charge in [-0.3, -0.25) is 14.3 Å². The Balaban J connectivity index is 1.37. The van der Waals surface area contributed by atoms with E-state index in [0.717, 1.165) is 17.7 Å². The van der Waals surface area contributed by atoms with Crippen LogP contribution in [0.5, 0.6) is 0 Å². The Morgan fingerprint density at radius 2 is 1.82 bits per heavy atom. The number of nitrogens with zero attached hydrogens (tertiary/aromatic N) is 5. The third-order valence-corrected chi connectivity index (χ3v) is 7.73. The van der Waals surface area contributed by atoms with Crippen LogP contribution >= 0.6 is 23.1 Å². The van der Waals surface area contributed by atoms with Crippen LogP contribution in [0.2, 0.25) is 0 Å². The highest BCUT2D eigenvalue weighted by Gasteiger charge is 2.31. The molecule has 3 heterocycles. The molecule has 3 aromatic heterocycles. The lowest BCUT2D eigenvalue weighted by Gasteiger charge is -2.13. The fraction of sp³-hybridized carbons (Fsp3) is 0.148. The predicted molar refractivity (Wildman–Crippen MR) is 144 cm³/mol. The van der Waals surface area contributed by atoms with Gasteiger partial charge in [-0.1, -0.05) is 48.2 Å². The molecule has 2 aromatic carbocycles. The molecular weight excluding hydrogens is 545 g/mol. The first-order chi connectivity index (χ1) is 18.8. The summed E-state index contributed by atoms with van der Waals surface area (Å²) in [6.07, 6.45) is -1.34. The first-order valence-corrected chi connectivity index (χ1v) is 13.6. The van der Waals surface area contributed by atoms with Gasteiger partial charge in [0, 0.05) is 23.3 Å². The van der Waals surface area contributed by atoms with Crippen molar-refractivity contribution in [1.29, 1.82) is 0 Å². The van der Waals surface area contributed by atoms with E-state index < -0.39 is 11.7 Å². The standard InChI is InChI=1S/C27H21F3N6OS2/c1-17(18-6-3-2-4-7-18)32-25(37)22-15-38-23(33-22)16-39-26-35-34-24(19-10-12-31-13-11-19)36(26)21-9-5-8-20(14-21)27(28,29)30/h2-15,17H,16H2,1H3,(H,32,37). The second-order valence-electron chi connectivity index (χ2n) is 8.45. The number of aromatic nitrogens is 5. The number of thiazole rings is 1. The molecule has 0 spiro atoms. The molecule has 1 unspecified atom stereocenters. The van der Waals surface area contributed by atoms with Gasteiger partial charge in [0.1, 0.15) is 10.7 Å². The van der Waals surface area contributed by atoms with Gasteiger partial charge in [0.05, 0.1) is 23.0 Å². The van der Waals surface area contributed by atoms with Gasteiger partial charge in [-0.15, -0.1) is 21.5 Å². The molecule has 198 valence electrons. The third-order valence-electron chi connectivity index (χ3n) is 5.76. The van der Waals surface area contributed by atoms with Crippen LogP contribution in [-0.4, -0.2) is 30.6 Å². The van der Waals surface area contributed by atoms with E-state index in [9.17, 15) is 18.0 Å². The van der Waals surface area contributed by atoms with Crippen molar-refractivity contribution in [3.05, 3.63) is 106 Å². The topological polar surface area (TPSA) is 85.6 Å². The Labute approximate surface area is 230 Å². The largest absolute Gasteiger partial charge is 0.416 e. The van der Waals surface area contributed by atoms with E-state index in [4.69, 9.17) is 0 Å². The molecule has 1 N–H and O–H groups in total. The average Bonchev–Trinajstić information content (AvgIpc) is 3.60. The summed E-state index contributed by atoms with van der Waals surface area (Å²) in [5, 5.41) is 14.2. The number of alkyl halides is 3. The van der Waals surface area contributed by atoms with Crippen LogP contribution < -0.4 is 5.32 Å². The van der Waals surface area contributed by atoms with Gasteiger partial charge in [0.2, 0.25) is 0 Å². The minimum atomic E-state index is -4.50. The molecule has 0 aliphatic carbocycles. The summed E-state index contributed by atoms with van der Waals surface area (Å²) in [5.41, 5.74) is 1.44. The molecule has 5 aromatic rings. The van der Waals surface area contributed by atoms with Crippen molar-refractivity contribution >= 4 is 29.0 Å². The lowest BCUT2D eigenvalue weighted by molar-refractivity contribution is -0.137. The maximum atomic E-state index is 13.5. The van der Waals surface area contributed by atoms with E-state index in [1.54, 1.807) is 40.5 Å². The number of pyridine rings is 1. The Morgan fingerprint density at radius 3 is 2.56 bits per heavy atom. The van der Waals surface area contributed by atoms with E-state index in [1.807, 2.05) is 37.3 Å². The maximum absolute atomic E-state index is 13.5. The summed E-state index contributed by atoms with van der Waals surface area (Å²) in [5.74, 6) is 0.443. The molecule has 1 atom stereocenters. The van der Waals surface area contributed by atoms with Crippen LogP contribution in [0.3, 0.4) is 0 Å². The van der Waals surface area contributed by atoms with Crippen LogP contribution in [0.15, 0.2) is 89.7 Å². The van der Waals surface area contributed by atoms with Gasteiger partial charge in [-0.2, -0.15) is 13.2 Å². The molecule has 0 aliphatic heterocycles. The molecule has 1 amide bonds. The van der Waals surface area contributed by atoms with Gasteiger partial charge >= 0.3 is 6.18 Å². The molecular formula is C27H21F3N6OS2. The van der Waals surface area contributed by atoms with Gasteiger partial charge in [0.15, 0.2) is 11.0 Å². The van der Waals surface area contributed by atoms with Gasteiger partial charge < -0.3 is 5.32 Å². The second-order valence-corrected chi connectivity index (χ2v) is 10.3. The van der Waals surface area contributed by atoms with Crippen LogP contribution in [0.25, 0.3) is 17.1 Å². The minimum absolute atomic E-state index is 0.184. The number of amides is 1. The first-order valence-electron chi connectivity index (χ1n) is 11.8. The van der Waals surface area contributed by atoms with Gasteiger partial charge in [-0.25, -0.2) is 4.98 Å². The van der Waals surface area contributed by atoms with E-state index in [1.165, 1.54) is 29.2 Å². The zero-order chi connectivity index (χ0) is 27.4. The van der Waals surface area contributed by atoms with Crippen molar-refractivity contribution in [3.8, 4) is 17.1 Å². The van der Waals surface area contributed by atoms with E-state index in [2.05, 4.69) is 25.5 Å². The Hall–Kier alpha value is -4.03. The summed E-state index contributed by atoms with van der Waals surface area (Å²) in [6.45, 7) is 1.90. The fourth-order valence-electron chi connectivity index (χ4n) is 3.81. The van der Waals surface area contributed by atoms with Crippen molar-refractivity contribution in [3.63, 3.8) is 0 Å². The Bertz CT molecular complexity index is 1570. The second kappa shape index (κ2) is 11.4. The minimum Gasteiger partial charge on any atom is -0.344 e. The number of halogens is 3. The molecule has 12 heteroatoms. The fourth-order valence-corrected chi connectivity index (χ4v) is 5.55. The molecule has 0 radical (unpaired) electrons. The Kier molecular flexibility index (Phi) is 7.75. The maximum Gasteiger partial charge on any atom is 0.416 e. The number of carbonyl (C=O) groups is 1. The monoisotopic (exact) mass is 566 g/mol. The lowest BCUT2D eigenvalue weighted by Crippen LogP contribution is -2.26. The molecule has 5 rings (SSSR count). The van der Waals surface area contributed by atoms with Crippen molar-refractivity contribution in [2.45, 2.75) is 30.1 Å².